The predicted molar refractivity (Wildman–Crippen MR) is 101 cm³/mol. The van der Waals surface area contributed by atoms with E-state index in [4.69, 9.17) is 5.73 Å². The monoisotopic (exact) mass is 390 g/mol. The van der Waals surface area contributed by atoms with Crippen molar-refractivity contribution in [2.45, 2.75) is 58.3 Å². The molecule has 0 saturated carbocycles. The van der Waals surface area contributed by atoms with Gasteiger partial charge in [0.2, 0.25) is 17.7 Å². The summed E-state index contributed by atoms with van der Waals surface area (Å²) in [5.74, 6) is -2.45. The maximum atomic E-state index is 12.5. The molecule has 0 bridgehead atoms. The minimum absolute atomic E-state index is 0.308. The molecule has 0 heterocycles. The fraction of sp³-hybridized carbons (Fsp3) is 0.750. The van der Waals surface area contributed by atoms with Gasteiger partial charge in [0.1, 0.15) is 18.1 Å². The minimum Gasteiger partial charge on any atom is -0.480 e. The molecular weight excluding hydrogens is 360 g/mol. The number of thioether (sulfide) groups is 1. The molecule has 10 heteroatoms. The summed E-state index contributed by atoms with van der Waals surface area (Å²) in [7, 11) is 0. The largest absolute Gasteiger partial charge is 0.480 e. The Morgan fingerprint density at radius 1 is 0.962 bits per heavy atom. The van der Waals surface area contributed by atoms with Gasteiger partial charge in [0.25, 0.3) is 0 Å². The van der Waals surface area contributed by atoms with Gasteiger partial charge in [0.15, 0.2) is 0 Å². The molecule has 0 radical (unpaired) electrons. The minimum atomic E-state index is -1.14. The first-order chi connectivity index (χ1) is 12.0. The van der Waals surface area contributed by atoms with Crippen LogP contribution in [-0.2, 0) is 19.2 Å². The van der Waals surface area contributed by atoms with Crippen LogP contribution in [0.3, 0.4) is 0 Å². The smallest absolute Gasteiger partial charge is 0.326 e. The van der Waals surface area contributed by atoms with E-state index in [9.17, 15) is 24.3 Å². The summed E-state index contributed by atoms with van der Waals surface area (Å²) in [6.07, 6.45) is 2.19. The van der Waals surface area contributed by atoms with Crippen LogP contribution in [0.15, 0.2) is 0 Å². The van der Waals surface area contributed by atoms with Crippen molar-refractivity contribution < 1.29 is 24.3 Å². The lowest BCUT2D eigenvalue weighted by molar-refractivity contribution is -0.143. The van der Waals surface area contributed by atoms with Gasteiger partial charge in [-0.05, 0) is 38.2 Å². The molecule has 0 saturated heterocycles. The standard InChI is InChI=1S/C16H30N4O5S/c1-8(2)12(16(24)25)20-15(23)11(6-7-26-5)19-14(22)10(4)18-13(21)9(3)17/h8-12H,6-7,17H2,1-5H3,(H,18,21)(H,19,22)(H,20,23)(H,24,25). The molecule has 0 fully saturated rings. The third-order valence-electron chi connectivity index (χ3n) is 3.64. The molecule has 0 aliphatic heterocycles. The van der Waals surface area contributed by atoms with Gasteiger partial charge >= 0.3 is 5.97 Å². The maximum Gasteiger partial charge on any atom is 0.326 e. The summed E-state index contributed by atoms with van der Waals surface area (Å²) in [5.41, 5.74) is 5.44. The first-order valence-corrected chi connectivity index (χ1v) is 9.79. The highest BCUT2D eigenvalue weighted by molar-refractivity contribution is 7.98. The number of nitrogens with one attached hydrogen (secondary N) is 3. The Bertz CT molecular complexity index is 513. The van der Waals surface area contributed by atoms with Crippen molar-refractivity contribution in [3.05, 3.63) is 0 Å². The van der Waals surface area contributed by atoms with Crippen LogP contribution in [0.5, 0.6) is 0 Å². The summed E-state index contributed by atoms with van der Waals surface area (Å²) < 4.78 is 0. The molecule has 3 amide bonds. The van der Waals surface area contributed by atoms with Crippen LogP contribution in [-0.4, -0.2) is 65.0 Å². The summed E-state index contributed by atoms with van der Waals surface area (Å²) in [6, 6.07) is -3.58. The Morgan fingerprint density at radius 2 is 1.54 bits per heavy atom. The Labute approximate surface area is 158 Å². The van der Waals surface area contributed by atoms with Gasteiger partial charge in [-0.3, -0.25) is 14.4 Å². The number of amides is 3. The van der Waals surface area contributed by atoms with Crippen molar-refractivity contribution in [2.24, 2.45) is 11.7 Å². The maximum absolute atomic E-state index is 12.5. The van der Waals surface area contributed by atoms with Crippen LogP contribution in [0.1, 0.15) is 34.1 Å². The highest BCUT2D eigenvalue weighted by atomic mass is 32.2. The molecule has 4 atom stereocenters. The van der Waals surface area contributed by atoms with Crippen LogP contribution in [0.2, 0.25) is 0 Å². The summed E-state index contributed by atoms with van der Waals surface area (Å²) in [4.78, 5) is 47.6. The molecule has 0 aliphatic carbocycles. The molecule has 150 valence electrons. The van der Waals surface area contributed by atoms with Crippen LogP contribution in [0.4, 0.5) is 0 Å². The van der Waals surface area contributed by atoms with Crippen LogP contribution >= 0.6 is 11.8 Å². The molecule has 26 heavy (non-hydrogen) atoms. The van der Waals surface area contributed by atoms with E-state index < -0.39 is 47.9 Å². The normalized spacial score (nSPS) is 15.5. The molecule has 0 aromatic carbocycles. The molecule has 0 spiro atoms. The number of aliphatic carboxylic acids is 1. The molecule has 0 aromatic rings. The summed E-state index contributed by atoms with van der Waals surface area (Å²) in [5, 5.41) is 16.7. The van der Waals surface area contributed by atoms with Crippen molar-refractivity contribution in [3.63, 3.8) is 0 Å². The van der Waals surface area contributed by atoms with Gasteiger partial charge in [0, 0.05) is 0 Å². The van der Waals surface area contributed by atoms with E-state index in [-0.39, 0.29) is 5.92 Å². The molecule has 9 nitrogen and oxygen atoms in total. The third kappa shape index (κ3) is 8.52. The number of rotatable bonds is 11. The topological polar surface area (TPSA) is 151 Å². The van der Waals surface area contributed by atoms with E-state index >= 15 is 0 Å². The first kappa shape index (κ1) is 24.2. The molecular formula is C16H30N4O5S. The highest BCUT2D eigenvalue weighted by Crippen LogP contribution is 2.06. The second kappa shape index (κ2) is 11.7. The Hall–Kier alpha value is -1.81. The van der Waals surface area contributed by atoms with Crippen molar-refractivity contribution in [2.75, 3.05) is 12.0 Å². The van der Waals surface area contributed by atoms with Crippen molar-refractivity contribution in [3.8, 4) is 0 Å². The molecule has 0 aliphatic rings. The fourth-order valence-corrected chi connectivity index (χ4v) is 2.45. The van der Waals surface area contributed by atoms with Crippen LogP contribution in [0.25, 0.3) is 0 Å². The summed E-state index contributed by atoms with van der Waals surface area (Å²) in [6.45, 7) is 6.33. The third-order valence-corrected chi connectivity index (χ3v) is 4.28. The van der Waals surface area contributed by atoms with Gasteiger partial charge in [0.05, 0.1) is 6.04 Å². The Morgan fingerprint density at radius 3 is 1.96 bits per heavy atom. The number of hydrogen-bond acceptors (Lipinski definition) is 6. The number of hydrogen-bond donors (Lipinski definition) is 5. The average molecular weight is 391 g/mol. The van der Waals surface area contributed by atoms with Gasteiger partial charge in [-0.2, -0.15) is 11.8 Å². The quantitative estimate of drug-likeness (QED) is 0.313. The zero-order chi connectivity index (χ0) is 20.4. The van der Waals surface area contributed by atoms with Gasteiger partial charge in [-0.15, -0.1) is 0 Å². The second-order valence-corrected chi connectivity index (χ2v) is 7.42. The highest BCUT2D eigenvalue weighted by Gasteiger charge is 2.29. The van der Waals surface area contributed by atoms with E-state index in [1.165, 1.54) is 25.6 Å². The van der Waals surface area contributed by atoms with Crippen LogP contribution in [0, 0.1) is 5.92 Å². The fourth-order valence-electron chi connectivity index (χ4n) is 1.98. The lowest BCUT2D eigenvalue weighted by atomic mass is 10.0. The number of carbonyl (C=O) groups excluding carboxylic acids is 3. The van der Waals surface area contributed by atoms with E-state index in [2.05, 4.69) is 16.0 Å². The lowest BCUT2D eigenvalue weighted by Crippen LogP contribution is -2.56. The number of carbonyl (C=O) groups is 4. The van der Waals surface area contributed by atoms with Crippen molar-refractivity contribution >= 4 is 35.5 Å². The van der Waals surface area contributed by atoms with Gasteiger partial charge in [-0.25, -0.2) is 4.79 Å². The number of nitrogens with two attached hydrogens (primary N) is 1. The van der Waals surface area contributed by atoms with E-state index in [1.807, 2.05) is 6.26 Å². The first-order valence-electron chi connectivity index (χ1n) is 8.39. The molecule has 0 rings (SSSR count). The van der Waals surface area contributed by atoms with Crippen molar-refractivity contribution in [1.29, 1.82) is 0 Å². The average Bonchev–Trinajstić information content (AvgIpc) is 2.54. The van der Waals surface area contributed by atoms with Crippen molar-refractivity contribution in [1.82, 2.24) is 16.0 Å². The zero-order valence-corrected chi connectivity index (χ0v) is 16.7. The summed E-state index contributed by atoms with van der Waals surface area (Å²) >= 11 is 1.50. The number of carboxylic acids is 1. The predicted octanol–water partition coefficient (Wildman–Crippen LogP) is -0.698. The van der Waals surface area contributed by atoms with Crippen LogP contribution < -0.4 is 21.7 Å². The van der Waals surface area contributed by atoms with E-state index in [1.54, 1.807) is 13.8 Å². The Kier molecular flexibility index (Phi) is 10.9. The molecule has 4 unspecified atom stereocenters. The zero-order valence-electron chi connectivity index (χ0n) is 15.9. The van der Waals surface area contributed by atoms with E-state index in [0.29, 0.717) is 12.2 Å². The molecule has 0 aromatic heterocycles. The second-order valence-electron chi connectivity index (χ2n) is 6.43. The van der Waals surface area contributed by atoms with E-state index in [0.717, 1.165) is 0 Å². The SMILES string of the molecule is CSCCC(NC(=O)C(C)NC(=O)C(C)N)C(=O)NC(C(=O)O)C(C)C. The Balaban J connectivity index is 5.01. The number of carboxylic acid groups (broad SMARTS) is 1. The molecule has 6 N–H and O–H groups in total. The van der Waals surface area contributed by atoms with Gasteiger partial charge in [-0.1, -0.05) is 13.8 Å². The van der Waals surface area contributed by atoms with Gasteiger partial charge < -0.3 is 26.8 Å². The lowest BCUT2D eigenvalue weighted by Gasteiger charge is -2.24.